The Morgan fingerprint density at radius 1 is 0.933 bits per heavy atom. The molecule has 3 aromatic rings. The topological polar surface area (TPSA) is 66.6 Å². The van der Waals surface area contributed by atoms with Crippen molar-refractivity contribution in [2.24, 2.45) is 0 Å². The van der Waals surface area contributed by atoms with Crippen molar-refractivity contribution in [3.8, 4) is 0 Å². The zero-order valence-electron chi connectivity index (χ0n) is 16.5. The minimum absolute atomic E-state index is 0.114. The van der Waals surface area contributed by atoms with Gasteiger partial charge in [0.15, 0.2) is 0 Å². The summed E-state index contributed by atoms with van der Waals surface area (Å²) < 4.78 is 0. The summed E-state index contributed by atoms with van der Waals surface area (Å²) in [6.45, 7) is 2.57. The van der Waals surface area contributed by atoms with Crippen LogP contribution in [0.2, 0.25) is 5.02 Å². The first-order chi connectivity index (χ1) is 14.5. The Balaban J connectivity index is 1.41. The van der Waals surface area contributed by atoms with Crippen LogP contribution in [0.25, 0.3) is 10.8 Å². The van der Waals surface area contributed by atoms with Gasteiger partial charge in [0.1, 0.15) is 0 Å². The van der Waals surface area contributed by atoms with Gasteiger partial charge in [-0.3, -0.25) is 19.4 Å². The fourth-order valence-corrected chi connectivity index (χ4v) is 4.89. The van der Waals surface area contributed by atoms with Gasteiger partial charge in [-0.25, -0.2) is 0 Å². The first-order valence-electron chi connectivity index (χ1n) is 10.2. The van der Waals surface area contributed by atoms with Gasteiger partial charge in [0.25, 0.3) is 11.8 Å². The first-order valence-corrected chi connectivity index (χ1v) is 10.6. The predicted molar refractivity (Wildman–Crippen MR) is 119 cm³/mol. The number of amides is 2. The Morgan fingerprint density at radius 3 is 2.37 bits per heavy atom. The van der Waals surface area contributed by atoms with Crippen LogP contribution in [0.5, 0.6) is 0 Å². The molecule has 0 atom stereocenters. The summed E-state index contributed by atoms with van der Waals surface area (Å²) in [5.41, 5.74) is 8.77. The van der Waals surface area contributed by atoms with Crippen LogP contribution in [-0.2, 0) is 6.54 Å². The van der Waals surface area contributed by atoms with Crippen molar-refractivity contribution in [3.05, 3.63) is 76.3 Å². The molecule has 0 spiro atoms. The lowest BCUT2D eigenvalue weighted by molar-refractivity contribution is 0.0453. The third-order valence-corrected chi connectivity index (χ3v) is 6.53. The number of rotatable bonds is 3. The molecule has 2 aliphatic rings. The number of imide groups is 1. The van der Waals surface area contributed by atoms with Gasteiger partial charge < -0.3 is 5.73 Å². The molecule has 2 N–H and O–H groups in total. The predicted octanol–water partition coefficient (Wildman–Crippen LogP) is 4.34. The average molecular weight is 420 g/mol. The van der Waals surface area contributed by atoms with E-state index in [0.717, 1.165) is 32.5 Å². The molecule has 0 aliphatic carbocycles. The molecule has 5 nitrogen and oxygen atoms in total. The number of nitrogens with two attached hydrogens (primary N) is 1. The van der Waals surface area contributed by atoms with Crippen molar-refractivity contribution in [1.29, 1.82) is 0 Å². The maximum Gasteiger partial charge on any atom is 0.261 e. The summed E-state index contributed by atoms with van der Waals surface area (Å²) in [6, 6.07) is 17.2. The highest BCUT2D eigenvalue weighted by atomic mass is 35.5. The molecule has 152 valence electrons. The number of nitrogens with zero attached hydrogens (tertiary/aromatic N) is 2. The van der Waals surface area contributed by atoms with Crippen LogP contribution in [0.3, 0.4) is 0 Å². The normalized spacial score (nSPS) is 17.7. The van der Waals surface area contributed by atoms with Gasteiger partial charge in [-0.1, -0.05) is 54.1 Å². The average Bonchev–Trinajstić information content (AvgIpc) is 2.77. The van der Waals surface area contributed by atoms with E-state index in [1.165, 1.54) is 10.5 Å². The van der Waals surface area contributed by atoms with Crippen LogP contribution in [0.4, 0.5) is 5.69 Å². The van der Waals surface area contributed by atoms with Crippen molar-refractivity contribution in [1.82, 2.24) is 9.80 Å². The van der Waals surface area contributed by atoms with Gasteiger partial charge in [0, 0.05) is 42.0 Å². The van der Waals surface area contributed by atoms with Crippen LogP contribution in [0.1, 0.15) is 39.1 Å². The van der Waals surface area contributed by atoms with Crippen molar-refractivity contribution in [3.63, 3.8) is 0 Å². The van der Waals surface area contributed by atoms with E-state index in [9.17, 15) is 9.59 Å². The number of likely N-dealkylation sites (tertiary alicyclic amines) is 1. The molecule has 1 saturated heterocycles. The van der Waals surface area contributed by atoms with Crippen molar-refractivity contribution >= 4 is 39.9 Å². The molecular weight excluding hydrogens is 398 g/mol. The van der Waals surface area contributed by atoms with E-state index in [2.05, 4.69) is 17.0 Å². The Morgan fingerprint density at radius 2 is 1.63 bits per heavy atom. The van der Waals surface area contributed by atoms with Crippen molar-refractivity contribution in [2.75, 3.05) is 18.8 Å². The van der Waals surface area contributed by atoms with Gasteiger partial charge in [-0.05, 0) is 30.5 Å². The summed E-state index contributed by atoms with van der Waals surface area (Å²) in [7, 11) is 0. The summed E-state index contributed by atoms with van der Waals surface area (Å²) in [6.07, 6.45) is 1.52. The quantitative estimate of drug-likeness (QED) is 0.506. The highest BCUT2D eigenvalue weighted by Gasteiger charge is 2.39. The van der Waals surface area contributed by atoms with Crippen LogP contribution >= 0.6 is 11.6 Å². The van der Waals surface area contributed by atoms with Crippen LogP contribution in [0, 0.1) is 0 Å². The summed E-state index contributed by atoms with van der Waals surface area (Å²) in [5.74, 6) is -0.506. The number of nitrogen functional groups attached to an aromatic ring is 1. The molecule has 30 heavy (non-hydrogen) atoms. The van der Waals surface area contributed by atoms with Gasteiger partial charge in [0.05, 0.1) is 16.3 Å². The minimum atomic E-state index is -0.271. The zero-order valence-corrected chi connectivity index (χ0v) is 17.2. The molecule has 2 amide bonds. The number of hydrogen-bond donors (Lipinski definition) is 1. The van der Waals surface area contributed by atoms with E-state index in [1.54, 1.807) is 18.2 Å². The van der Waals surface area contributed by atoms with E-state index in [-0.39, 0.29) is 17.9 Å². The lowest BCUT2D eigenvalue weighted by Gasteiger charge is -2.39. The summed E-state index contributed by atoms with van der Waals surface area (Å²) >= 11 is 6.29. The van der Waals surface area contributed by atoms with Gasteiger partial charge in [-0.15, -0.1) is 0 Å². The minimum Gasteiger partial charge on any atom is -0.397 e. The van der Waals surface area contributed by atoms with Gasteiger partial charge >= 0.3 is 0 Å². The number of carbonyl (C=O) groups is 2. The summed E-state index contributed by atoms with van der Waals surface area (Å²) in [4.78, 5) is 30.5. The maximum absolute atomic E-state index is 13.3. The number of carbonyl (C=O) groups excluding carboxylic acids is 2. The molecule has 2 aliphatic heterocycles. The highest BCUT2D eigenvalue weighted by Crippen LogP contribution is 2.38. The van der Waals surface area contributed by atoms with Crippen LogP contribution < -0.4 is 5.73 Å². The molecule has 6 heteroatoms. The standard InChI is InChI=1S/C24H22ClN3O2/c25-20-13-19-21-17(22(20)26)7-4-8-18(21)23(29)28(24(19)30)16-9-11-27(12-10-16)14-15-5-2-1-3-6-15/h1-8,13,16H,9-12,14,26H2. The molecule has 0 aromatic heterocycles. The molecule has 2 heterocycles. The van der Waals surface area contributed by atoms with Crippen LogP contribution in [-0.4, -0.2) is 40.7 Å². The fraction of sp³-hybridized carbons (Fsp3) is 0.250. The zero-order chi connectivity index (χ0) is 20.8. The molecule has 0 bridgehead atoms. The van der Waals surface area contributed by atoms with E-state index in [0.29, 0.717) is 32.6 Å². The SMILES string of the molecule is Nc1c(Cl)cc2c3c(cccc13)C(=O)N(C1CCN(Cc3ccccc3)CC1)C2=O. The van der Waals surface area contributed by atoms with E-state index < -0.39 is 0 Å². The van der Waals surface area contributed by atoms with E-state index in [1.807, 2.05) is 24.3 Å². The third-order valence-electron chi connectivity index (χ3n) is 6.22. The monoisotopic (exact) mass is 419 g/mol. The molecule has 1 fully saturated rings. The second-order valence-corrected chi connectivity index (χ2v) is 8.43. The fourth-order valence-electron chi connectivity index (χ4n) is 4.68. The maximum atomic E-state index is 13.3. The molecule has 5 rings (SSSR count). The number of hydrogen-bond acceptors (Lipinski definition) is 4. The van der Waals surface area contributed by atoms with E-state index in [4.69, 9.17) is 17.3 Å². The lowest BCUT2D eigenvalue weighted by atomic mass is 9.90. The molecule has 0 unspecified atom stereocenters. The van der Waals surface area contributed by atoms with Crippen LogP contribution in [0.15, 0.2) is 54.6 Å². The molecular formula is C24H22ClN3O2. The second kappa shape index (κ2) is 7.42. The smallest absolute Gasteiger partial charge is 0.261 e. The largest absolute Gasteiger partial charge is 0.397 e. The summed E-state index contributed by atoms with van der Waals surface area (Å²) in [5, 5.41) is 1.62. The third kappa shape index (κ3) is 3.06. The van der Waals surface area contributed by atoms with Gasteiger partial charge in [-0.2, -0.15) is 0 Å². The van der Waals surface area contributed by atoms with Crippen molar-refractivity contribution in [2.45, 2.75) is 25.4 Å². The second-order valence-electron chi connectivity index (χ2n) is 8.02. The number of anilines is 1. The van der Waals surface area contributed by atoms with E-state index >= 15 is 0 Å². The Labute approximate surface area is 180 Å². The number of piperidine rings is 1. The molecule has 3 aromatic carbocycles. The number of benzene rings is 3. The van der Waals surface area contributed by atoms with Crippen molar-refractivity contribution < 1.29 is 9.59 Å². The molecule has 0 saturated carbocycles. The Kier molecular flexibility index (Phi) is 4.72. The Bertz CT molecular complexity index is 1150. The first kappa shape index (κ1) is 19.1. The lowest BCUT2D eigenvalue weighted by Crippen LogP contribution is -2.51. The van der Waals surface area contributed by atoms with Gasteiger partial charge in [0.2, 0.25) is 0 Å². The number of halogens is 1. The highest BCUT2D eigenvalue weighted by molar-refractivity contribution is 6.37. The Hall–Kier alpha value is -2.89. The molecule has 0 radical (unpaired) electrons.